The molecule has 0 fully saturated rings. The van der Waals surface area contributed by atoms with Gasteiger partial charge >= 0.3 is 6.01 Å². The molecule has 0 aliphatic carbocycles. The van der Waals surface area contributed by atoms with Crippen molar-refractivity contribution in [1.29, 1.82) is 0 Å². The first-order valence-corrected chi connectivity index (χ1v) is 6.87. The van der Waals surface area contributed by atoms with E-state index >= 15 is 0 Å². The first-order valence-electron chi connectivity index (χ1n) is 6.87. The standard InChI is InChI=1S/C14H26N4O/c1-10(2)18(11(3)4)6-7-19-14-16-12(5)8-13(9-15)17-14/h8,10-11H,6-7,9,15H2,1-5H3. The molecule has 0 aromatic carbocycles. The Balaban J connectivity index is 2.55. The lowest BCUT2D eigenvalue weighted by Gasteiger charge is -2.30. The van der Waals surface area contributed by atoms with Crippen LogP contribution in [0.3, 0.4) is 0 Å². The highest BCUT2D eigenvalue weighted by atomic mass is 16.5. The molecule has 5 heteroatoms. The van der Waals surface area contributed by atoms with Gasteiger partial charge in [0.2, 0.25) is 0 Å². The van der Waals surface area contributed by atoms with Crippen molar-refractivity contribution in [3.05, 3.63) is 17.5 Å². The van der Waals surface area contributed by atoms with E-state index in [9.17, 15) is 0 Å². The average molecular weight is 266 g/mol. The van der Waals surface area contributed by atoms with E-state index in [-0.39, 0.29) is 0 Å². The highest BCUT2D eigenvalue weighted by Crippen LogP contribution is 2.08. The Morgan fingerprint density at radius 1 is 1.21 bits per heavy atom. The molecule has 1 heterocycles. The molecule has 0 saturated carbocycles. The van der Waals surface area contributed by atoms with Crippen LogP contribution in [0.15, 0.2) is 6.07 Å². The summed E-state index contributed by atoms with van der Waals surface area (Å²) >= 11 is 0. The number of ether oxygens (including phenoxy) is 1. The van der Waals surface area contributed by atoms with Crippen LogP contribution >= 0.6 is 0 Å². The fraction of sp³-hybridized carbons (Fsp3) is 0.714. The van der Waals surface area contributed by atoms with E-state index in [1.54, 1.807) is 0 Å². The van der Waals surface area contributed by atoms with Gasteiger partial charge in [-0.2, -0.15) is 4.98 Å². The summed E-state index contributed by atoms with van der Waals surface area (Å²) in [7, 11) is 0. The molecule has 0 radical (unpaired) electrons. The smallest absolute Gasteiger partial charge is 0.316 e. The number of aromatic nitrogens is 2. The first-order chi connectivity index (χ1) is 8.93. The van der Waals surface area contributed by atoms with Gasteiger partial charge in [0, 0.05) is 30.9 Å². The molecule has 5 nitrogen and oxygen atoms in total. The minimum Gasteiger partial charge on any atom is -0.462 e. The van der Waals surface area contributed by atoms with Gasteiger partial charge in [0.1, 0.15) is 6.61 Å². The van der Waals surface area contributed by atoms with Crippen LogP contribution in [0.25, 0.3) is 0 Å². The van der Waals surface area contributed by atoms with Gasteiger partial charge in [0.25, 0.3) is 0 Å². The maximum Gasteiger partial charge on any atom is 0.316 e. The van der Waals surface area contributed by atoms with Crippen molar-refractivity contribution in [2.24, 2.45) is 5.73 Å². The number of nitrogens with two attached hydrogens (primary N) is 1. The fourth-order valence-electron chi connectivity index (χ4n) is 2.13. The van der Waals surface area contributed by atoms with Gasteiger partial charge in [-0.15, -0.1) is 0 Å². The van der Waals surface area contributed by atoms with Crippen molar-refractivity contribution in [3.8, 4) is 6.01 Å². The van der Waals surface area contributed by atoms with Crippen LogP contribution in [-0.2, 0) is 6.54 Å². The lowest BCUT2D eigenvalue weighted by molar-refractivity contribution is 0.138. The minimum absolute atomic E-state index is 0.407. The number of hydrogen-bond donors (Lipinski definition) is 1. The molecule has 108 valence electrons. The van der Waals surface area contributed by atoms with Gasteiger partial charge < -0.3 is 10.5 Å². The summed E-state index contributed by atoms with van der Waals surface area (Å²) in [4.78, 5) is 10.9. The summed E-state index contributed by atoms with van der Waals surface area (Å²) in [6, 6.07) is 3.30. The number of aryl methyl sites for hydroxylation is 1. The molecule has 1 aromatic rings. The number of nitrogens with zero attached hydrogens (tertiary/aromatic N) is 3. The minimum atomic E-state index is 0.407. The lowest BCUT2D eigenvalue weighted by atomic mass is 10.2. The molecular formula is C14H26N4O. The summed E-state index contributed by atoms with van der Waals surface area (Å²) in [5, 5.41) is 0. The Morgan fingerprint density at radius 3 is 2.37 bits per heavy atom. The van der Waals surface area contributed by atoms with E-state index in [1.807, 2.05) is 13.0 Å². The second kappa shape index (κ2) is 7.40. The maximum atomic E-state index is 5.64. The maximum absolute atomic E-state index is 5.64. The summed E-state index contributed by atoms with van der Waals surface area (Å²) in [6.45, 7) is 12.5. The van der Waals surface area contributed by atoms with Gasteiger partial charge in [-0.25, -0.2) is 4.98 Å². The zero-order chi connectivity index (χ0) is 14.4. The Hall–Kier alpha value is -1.20. The first kappa shape index (κ1) is 15.9. The van der Waals surface area contributed by atoms with E-state index in [4.69, 9.17) is 10.5 Å². The number of hydrogen-bond acceptors (Lipinski definition) is 5. The van der Waals surface area contributed by atoms with Crippen LogP contribution in [0.2, 0.25) is 0 Å². The van der Waals surface area contributed by atoms with Crippen molar-refractivity contribution in [1.82, 2.24) is 14.9 Å². The van der Waals surface area contributed by atoms with Gasteiger partial charge in [0.15, 0.2) is 0 Å². The molecule has 0 spiro atoms. The van der Waals surface area contributed by atoms with Crippen molar-refractivity contribution >= 4 is 0 Å². The molecule has 0 atom stereocenters. The fourth-order valence-corrected chi connectivity index (χ4v) is 2.13. The molecule has 0 aliphatic heterocycles. The summed E-state index contributed by atoms with van der Waals surface area (Å²) in [5.41, 5.74) is 7.29. The van der Waals surface area contributed by atoms with Crippen molar-refractivity contribution in [2.75, 3.05) is 13.2 Å². The van der Waals surface area contributed by atoms with Crippen molar-refractivity contribution < 1.29 is 4.74 Å². The topological polar surface area (TPSA) is 64.3 Å². The lowest BCUT2D eigenvalue weighted by Crippen LogP contribution is -2.39. The Morgan fingerprint density at radius 2 is 1.84 bits per heavy atom. The third-order valence-corrected chi connectivity index (χ3v) is 3.00. The summed E-state index contributed by atoms with van der Waals surface area (Å²) < 4.78 is 5.64. The van der Waals surface area contributed by atoms with E-state index in [1.165, 1.54) is 0 Å². The molecule has 0 bridgehead atoms. The van der Waals surface area contributed by atoms with Gasteiger partial charge in [-0.3, -0.25) is 4.90 Å². The van der Waals surface area contributed by atoms with Gasteiger partial charge in [0.05, 0.1) is 5.69 Å². The quantitative estimate of drug-likeness (QED) is 0.814. The molecule has 0 unspecified atom stereocenters. The normalized spacial score (nSPS) is 11.6. The molecule has 1 aromatic heterocycles. The predicted octanol–water partition coefficient (Wildman–Crippen LogP) is 1.74. The van der Waals surface area contributed by atoms with Crippen molar-refractivity contribution in [2.45, 2.75) is 53.2 Å². The van der Waals surface area contributed by atoms with Crippen LogP contribution in [-0.4, -0.2) is 40.1 Å². The third kappa shape index (κ3) is 5.12. The van der Waals surface area contributed by atoms with Crippen LogP contribution in [0.4, 0.5) is 0 Å². The zero-order valence-corrected chi connectivity index (χ0v) is 12.7. The molecule has 0 amide bonds. The molecule has 0 aliphatic rings. The third-order valence-electron chi connectivity index (χ3n) is 3.00. The van der Waals surface area contributed by atoms with E-state index < -0.39 is 0 Å². The highest BCUT2D eigenvalue weighted by Gasteiger charge is 2.13. The summed E-state index contributed by atoms with van der Waals surface area (Å²) in [6.07, 6.45) is 0. The van der Waals surface area contributed by atoms with E-state index in [2.05, 4.69) is 42.6 Å². The Labute approximate surface area is 116 Å². The van der Waals surface area contributed by atoms with Crippen molar-refractivity contribution in [3.63, 3.8) is 0 Å². The summed E-state index contributed by atoms with van der Waals surface area (Å²) in [5.74, 6) is 0. The largest absolute Gasteiger partial charge is 0.462 e. The SMILES string of the molecule is Cc1cc(CN)nc(OCCN(C(C)C)C(C)C)n1. The Kier molecular flexibility index (Phi) is 6.18. The van der Waals surface area contributed by atoms with Crippen LogP contribution in [0, 0.1) is 6.92 Å². The molecule has 19 heavy (non-hydrogen) atoms. The van der Waals surface area contributed by atoms with E-state index in [0.29, 0.717) is 31.2 Å². The molecular weight excluding hydrogens is 240 g/mol. The second-order valence-corrected chi connectivity index (χ2v) is 5.26. The monoisotopic (exact) mass is 266 g/mol. The molecule has 2 N–H and O–H groups in total. The van der Waals surface area contributed by atoms with Crippen LogP contribution in [0.1, 0.15) is 39.1 Å². The predicted molar refractivity (Wildman–Crippen MR) is 77.1 cm³/mol. The zero-order valence-electron chi connectivity index (χ0n) is 12.7. The van der Waals surface area contributed by atoms with Crippen LogP contribution < -0.4 is 10.5 Å². The highest BCUT2D eigenvalue weighted by molar-refractivity contribution is 5.12. The Bertz CT molecular complexity index is 385. The van der Waals surface area contributed by atoms with Gasteiger partial charge in [-0.05, 0) is 40.7 Å². The average Bonchev–Trinajstić information content (AvgIpc) is 2.32. The van der Waals surface area contributed by atoms with E-state index in [0.717, 1.165) is 17.9 Å². The number of rotatable bonds is 7. The van der Waals surface area contributed by atoms with Crippen LogP contribution in [0.5, 0.6) is 6.01 Å². The second-order valence-electron chi connectivity index (χ2n) is 5.26. The van der Waals surface area contributed by atoms with Gasteiger partial charge in [-0.1, -0.05) is 0 Å². The molecule has 1 rings (SSSR count). The molecule has 0 saturated heterocycles.